The molecule has 0 saturated carbocycles. The first-order valence-corrected chi connectivity index (χ1v) is 8.76. The number of phenolic OH excluding ortho intramolecular Hbond substituents is 1. The molecule has 4 nitrogen and oxygen atoms in total. The van der Waals surface area contributed by atoms with E-state index in [9.17, 15) is 13.9 Å². The highest BCUT2D eigenvalue weighted by Crippen LogP contribution is 2.33. The van der Waals surface area contributed by atoms with E-state index in [2.05, 4.69) is 23.8 Å². The van der Waals surface area contributed by atoms with Crippen LogP contribution in [-0.4, -0.2) is 28.0 Å². The Labute approximate surface area is 150 Å². The highest BCUT2D eigenvalue weighted by Gasteiger charge is 2.25. The summed E-state index contributed by atoms with van der Waals surface area (Å²) in [5.74, 6) is -2.97. The van der Waals surface area contributed by atoms with Gasteiger partial charge in [-0.3, -0.25) is 0 Å². The number of aromatic nitrogens is 2. The molecule has 6 heteroatoms. The highest BCUT2D eigenvalue weighted by atomic mass is 19.1. The van der Waals surface area contributed by atoms with Crippen molar-refractivity contribution in [1.82, 2.24) is 9.78 Å². The molecule has 0 aliphatic carbocycles. The molecular formula is C20H21F2N3O. The van der Waals surface area contributed by atoms with Crippen LogP contribution >= 0.6 is 0 Å². The maximum Gasteiger partial charge on any atom is 0.194 e. The van der Waals surface area contributed by atoms with Gasteiger partial charge in [-0.05, 0) is 48.6 Å². The van der Waals surface area contributed by atoms with Crippen molar-refractivity contribution in [1.29, 1.82) is 0 Å². The molecule has 0 unspecified atom stereocenters. The Morgan fingerprint density at radius 3 is 2.31 bits per heavy atom. The summed E-state index contributed by atoms with van der Waals surface area (Å²) in [5.41, 5.74) is 2.23. The second-order valence-electron chi connectivity index (χ2n) is 7.68. The Morgan fingerprint density at radius 2 is 1.65 bits per heavy atom. The van der Waals surface area contributed by atoms with Crippen molar-refractivity contribution in [2.75, 3.05) is 18.0 Å². The summed E-state index contributed by atoms with van der Waals surface area (Å²) in [6, 6.07) is 8.79. The van der Waals surface area contributed by atoms with Gasteiger partial charge in [0.1, 0.15) is 5.52 Å². The van der Waals surface area contributed by atoms with E-state index in [0.29, 0.717) is 16.5 Å². The van der Waals surface area contributed by atoms with Gasteiger partial charge in [0.25, 0.3) is 0 Å². The van der Waals surface area contributed by atoms with Crippen molar-refractivity contribution < 1.29 is 13.9 Å². The van der Waals surface area contributed by atoms with E-state index in [4.69, 9.17) is 0 Å². The van der Waals surface area contributed by atoms with Crippen LogP contribution in [0.4, 0.5) is 14.5 Å². The third kappa shape index (κ3) is 2.79. The quantitative estimate of drug-likeness (QED) is 0.727. The van der Waals surface area contributed by atoms with Crippen LogP contribution in [0.1, 0.15) is 26.7 Å². The molecule has 1 aliphatic heterocycles. The zero-order valence-corrected chi connectivity index (χ0v) is 14.8. The SMILES string of the molecule is CC1(C)CCN(c2ccc(-n3ncc4cc(F)c(O)c(F)c43)cc2)CC1. The van der Waals surface area contributed by atoms with E-state index in [1.165, 1.54) is 10.9 Å². The van der Waals surface area contributed by atoms with E-state index >= 15 is 0 Å². The van der Waals surface area contributed by atoms with Crippen LogP contribution in [0.2, 0.25) is 0 Å². The molecule has 0 radical (unpaired) electrons. The number of phenols is 1. The maximum atomic E-state index is 14.3. The van der Waals surface area contributed by atoms with E-state index in [1.807, 2.05) is 24.3 Å². The molecular weight excluding hydrogens is 336 g/mol. The minimum absolute atomic E-state index is 0.0661. The molecule has 3 aromatic rings. The number of piperidine rings is 1. The lowest BCUT2D eigenvalue weighted by molar-refractivity contribution is 0.280. The van der Waals surface area contributed by atoms with Gasteiger partial charge >= 0.3 is 0 Å². The van der Waals surface area contributed by atoms with Crippen LogP contribution in [0.3, 0.4) is 0 Å². The van der Waals surface area contributed by atoms with E-state index in [1.54, 1.807) is 0 Å². The summed E-state index contributed by atoms with van der Waals surface area (Å²) in [6.07, 6.45) is 3.69. The first kappa shape index (κ1) is 16.8. The average molecular weight is 357 g/mol. The lowest BCUT2D eigenvalue weighted by atomic mass is 9.82. The monoisotopic (exact) mass is 357 g/mol. The molecule has 1 fully saturated rings. The Bertz CT molecular complexity index is 953. The summed E-state index contributed by atoms with van der Waals surface area (Å²) in [5, 5.41) is 14.0. The number of nitrogens with zero attached hydrogens (tertiary/aromatic N) is 3. The summed E-state index contributed by atoms with van der Waals surface area (Å²) in [4.78, 5) is 2.35. The van der Waals surface area contributed by atoms with Crippen molar-refractivity contribution in [3.05, 3.63) is 48.2 Å². The van der Waals surface area contributed by atoms with Crippen LogP contribution < -0.4 is 4.90 Å². The number of benzene rings is 2. The van der Waals surface area contributed by atoms with Gasteiger partial charge in [0.05, 0.1) is 11.9 Å². The summed E-state index contributed by atoms with van der Waals surface area (Å²) < 4.78 is 29.2. The molecule has 1 aliphatic rings. The van der Waals surface area contributed by atoms with Gasteiger partial charge in [-0.15, -0.1) is 0 Å². The van der Waals surface area contributed by atoms with Crippen molar-refractivity contribution in [3.63, 3.8) is 0 Å². The van der Waals surface area contributed by atoms with Gasteiger partial charge in [-0.25, -0.2) is 13.5 Å². The van der Waals surface area contributed by atoms with Gasteiger partial charge < -0.3 is 10.0 Å². The van der Waals surface area contributed by atoms with Gasteiger partial charge in [-0.2, -0.15) is 5.10 Å². The van der Waals surface area contributed by atoms with Crippen molar-refractivity contribution in [2.45, 2.75) is 26.7 Å². The van der Waals surface area contributed by atoms with Gasteiger partial charge in [0, 0.05) is 24.2 Å². The molecule has 2 aromatic carbocycles. The number of halogens is 2. The number of aromatic hydroxyl groups is 1. The first-order valence-electron chi connectivity index (χ1n) is 8.76. The fourth-order valence-electron chi connectivity index (χ4n) is 3.48. The maximum absolute atomic E-state index is 14.3. The first-order chi connectivity index (χ1) is 12.4. The molecule has 1 N–H and O–H groups in total. The van der Waals surface area contributed by atoms with Crippen molar-refractivity contribution in [3.8, 4) is 11.4 Å². The largest absolute Gasteiger partial charge is 0.503 e. The molecule has 4 rings (SSSR count). The fraction of sp³-hybridized carbons (Fsp3) is 0.350. The summed E-state index contributed by atoms with van der Waals surface area (Å²) in [6.45, 7) is 6.61. The number of hydrogen-bond acceptors (Lipinski definition) is 3. The number of hydrogen-bond donors (Lipinski definition) is 1. The molecule has 0 spiro atoms. The van der Waals surface area contributed by atoms with Crippen molar-refractivity contribution >= 4 is 16.6 Å². The van der Waals surface area contributed by atoms with E-state index < -0.39 is 17.4 Å². The molecule has 26 heavy (non-hydrogen) atoms. The summed E-state index contributed by atoms with van der Waals surface area (Å²) in [7, 11) is 0. The molecule has 2 heterocycles. The smallest absolute Gasteiger partial charge is 0.194 e. The Kier molecular flexibility index (Phi) is 3.86. The fourth-order valence-corrected chi connectivity index (χ4v) is 3.48. The molecule has 1 saturated heterocycles. The summed E-state index contributed by atoms with van der Waals surface area (Å²) >= 11 is 0. The number of anilines is 1. The highest BCUT2D eigenvalue weighted by molar-refractivity contribution is 5.82. The topological polar surface area (TPSA) is 41.3 Å². The third-order valence-corrected chi connectivity index (χ3v) is 5.30. The zero-order valence-electron chi connectivity index (χ0n) is 14.8. The van der Waals surface area contributed by atoms with Crippen molar-refractivity contribution in [2.24, 2.45) is 5.41 Å². The van der Waals surface area contributed by atoms with Crippen LogP contribution in [0, 0.1) is 17.0 Å². The number of rotatable bonds is 2. The Balaban J connectivity index is 1.66. The Hall–Kier alpha value is -2.63. The molecule has 0 amide bonds. The predicted molar refractivity (Wildman–Crippen MR) is 97.9 cm³/mol. The molecule has 1 aromatic heterocycles. The van der Waals surface area contributed by atoms with Crippen LogP contribution in [0.25, 0.3) is 16.6 Å². The van der Waals surface area contributed by atoms with E-state index in [-0.39, 0.29) is 5.52 Å². The molecule has 0 atom stereocenters. The second kappa shape index (κ2) is 5.97. The van der Waals surface area contributed by atoms with Crippen LogP contribution in [0.5, 0.6) is 5.75 Å². The normalized spacial score (nSPS) is 17.0. The molecule has 0 bridgehead atoms. The lowest BCUT2D eigenvalue weighted by Gasteiger charge is -2.38. The zero-order chi connectivity index (χ0) is 18.5. The van der Waals surface area contributed by atoms with Gasteiger partial charge in [0.15, 0.2) is 17.4 Å². The van der Waals surface area contributed by atoms with E-state index in [0.717, 1.165) is 37.7 Å². The van der Waals surface area contributed by atoms with Gasteiger partial charge in [0.2, 0.25) is 0 Å². The minimum atomic E-state index is -1.00. The standard InChI is InChI=1S/C20H21F2N3O/c1-20(2)7-9-24(10-8-20)14-3-5-15(6-4-14)25-18-13(12-23-25)11-16(21)19(26)17(18)22/h3-6,11-12,26H,7-10H2,1-2H3. The average Bonchev–Trinajstić information content (AvgIpc) is 3.04. The van der Waals surface area contributed by atoms with Crippen LogP contribution in [0.15, 0.2) is 36.5 Å². The Morgan fingerprint density at radius 1 is 1.04 bits per heavy atom. The van der Waals surface area contributed by atoms with Crippen LogP contribution in [-0.2, 0) is 0 Å². The number of fused-ring (bicyclic) bond motifs is 1. The van der Waals surface area contributed by atoms with Gasteiger partial charge in [-0.1, -0.05) is 13.8 Å². The minimum Gasteiger partial charge on any atom is -0.503 e. The predicted octanol–water partition coefficient (Wildman–Crippen LogP) is 4.64. The third-order valence-electron chi connectivity index (χ3n) is 5.30. The second-order valence-corrected chi connectivity index (χ2v) is 7.68. The lowest BCUT2D eigenvalue weighted by Crippen LogP contribution is -2.37. The molecule has 136 valence electrons.